The van der Waals surface area contributed by atoms with Crippen LogP contribution in [0.1, 0.15) is 52.4 Å². The van der Waals surface area contributed by atoms with Crippen LogP contribution in [0.2, 0.25) is 0 Å². The van der Waals surface area contributed by atoms with Crippen molar-refractivity contribution >= 4 is 11.8 Å². The number of unbranched alkanes of at least 4 members (excludes halogenated alkanes) is 3. The van der Waals surface area contributed by atoms with Crippen LogP contribution in [0.15, 0.2) is 0 Å². The van der Waals surface area contributed by atoms with E-state index >= 15 is 0 Å². The maximum Gasteiger partial charge on any atom is 0.233 e. The van der Waals surface area contributed by atoms with E-state index in [1.807, 2.05) is 0 Å². The molecule has 0 saturated heterocycles. The van der Waals surface area contributed by atoms with Crippen LogP contribution in [0.25, 0.3) is 0 Å². The molecule has 88 valence electrons. The van der Waals surface area contributed by atoms with Crippen LogP contribution < -0.4 is 11.5 Å². The lowest BCUT2D eigenvalue weighted by Gasteiger charge is -2.25. The van der Waals surface area contributed by atoms with Crippen molar-refractivity contribution in [3.63, 3.8) is 0 Å². The highest BCUT2D eigenvalue weighted by Gasteiger charge is 2.40. The molecular weight excluding hydrogens is 192 g/mol. The fourth-order valence-electron chi connectivity index (χ4n) is 1.75. The standard InChI is InChI=1S/C11H22N2O2/c1-3-5-6-7-8-11(4-2,9(12)14)10(13)15/h3-8H2,1-2H3,(H2,12,14)(H2,13,15). The SMILES string of the molecule is CCCCCCC(CC)(C(N)=O)C(N)=O. The van der Waals surface area contributed by atoms with Crippen molar-refractivity contribution in [3.8, 4) is 0 Å². The van der Waals surface area contributed by atoms with Gasteiger partial charge < -0.3 is 11.5 Å². The van der Waals surface area contributed by atoms with E-state index in [4.69, 9.17) is 11.5 Å². The van der Waals surface area contributed by atoms with Gasteiger partial charge in [-0.3, -0.25) is 9.59 Å². The average molecular weight is 214 g/mol. The third kappa shape index (κ3) is 3.53. The summed E-state index contributed by atoms with van der Waals surface area (Å²) in [6, 6.07) is 0. The molecule has 0 aromatic carbocycles. The van der Waals surface area contributed by atoms with Crippen molar-refractivity contribution in [3.05, 3.63) is 0 Å². The van der Waals surface area contributed by atoms with Crippen molar-refractivity contribution in [2.45, 2.75) is 52.4 Å². The fraction of sp³-hybridized carbons (Fsp3) is 0.818. The van der Waals surface area contributed by atoms with E-state index in [0.717, 1.165) is 25.7 Å². The van der Waals surface area contributed by atoms with Gasteiger partial charge in [0.25, 0.3) is 0 Å². The fourth-order valence-corrected chi connectivity index (χ4v) is 1.75. The van der Waals surface area contributed by atoms with E-state index in [9.17, 15) is 9.59 Å². The summed E-state index contributed by atoms with van der Waals surface area (Å²) in [7, 11) is 0. The average Bonchev–Trinajstić information content (AvgIpc) is 2.17. The van der Waals surface area contributed by atoms with Crippen LogP contribution in [-0.4, -0.2) is 11.8 Å². The third-order valence-electron chi connectivity index (χ3n) is 3.00. The molecule has 0 unspecified atom stereocenters. The largest absolute Gasteiger partial charge is 0.369 e. The summed E-state index contributed by atoms with van der Waals surface area (Å²) in [6.07, 6.45) is 4.94. The molecule has 0 bridgehead atoms. The number of primary amides is 2. The molecule has 0 heterocycles. The van der Waals surface area contributed by atoms with Gasteiger partial charge in [-0.05, 0) is 12.8 Å². The van der Waals surface area contributed by atoms with Gasteiger partial charge in [0.05, 0.1) is 0 Å². The minimum Gasteiger partial charge on any atom is -0.369 e. The van der Waals surface area contributed by atoms with E-state index in [1.165, 1.54) is 0 Å². The third-order valence-corrected chi connectivity index (χ3v) is 3.00. The molecule has 15 heavy (non-hydrogen) atoms. The smallest absolute Gasteiger partial charge is 0.233 e. The first-order valence-corrected chi connectivity index (χ1v) is 5.61. The molecule has 2 amide bonds. The Hall–Kier alpha value is -1.06. The maximum atomic E-state index is 11.3. The van der Waals surface area contributed by atoms with Crippen LogP contribution in [0.5, 0.6) is 0 Å². The van der Waals surface area contributed by atoms with Crippen molar-refractivity contribution in [1.82, 2.24) is 0 Å². The lowest BCUT2D eigenvalue weighted by Crippen LogP contribution is -2.47. The minimum atomic E-state index is -1.13. The van der Waals surface area contributed by atoms with E-state index < -0.39 is 17.2 Å². The molecule has 4 heteroatoms. The van der Waals surface area contributed by atoms with Crippen LogP contribution >= 0.6 is 0 Å². The number of hydrogen-bond donors (Lipinski definition) is 2. The Morgan fingerprint density at radius 3 is 1.87 bits per heavy atom. The lowest BCUT2D eigenvalue weighted by atomic mass is 9.78. The minimum absolute atomic E-state index is 0.393. The number of carbonyl (C=O) groups excluding carboxylic acids is 2. The van der Waals surface area contributed by atoms with Gasteiger partial charge in [0.1, 0.15) is 5.41 Å². The number of amides is 2. The topological polar surface area (TPSA) is 86.2 Å². The predicted molar refractivity (Wildman–Crippen MR) is 59.9 cm³/mol. The summed E-state index contributed by atoms with van der Waals surface area (Å²) < 4.78 is 0. The van der Waals surface area contributed by atoms with Gasteiger partial charge in [-0.2, -0.15) is 0 Å². The number of hydrogen-bond acceptors (Lipinski definition) is 2. The summed E-state index contributed by atoms with van der Waals surface area (Å²) in [6.45, 7) is 3.88. The highest BCUT2D eigenvalue weighted by molar-refractivity contribution is 6.03. The Balaban J connectivity index is 4.37. The van der Waals surface area contributed by atoms with Gasteiger partial charge >= 0.3 is 0 Å². The zero-order chi connectivity index (χ0) is 11.9. The highest BCUT2D eigenvalue weighted by Crippen LogP contribution is 2.28. The number of carbonyl (C=O) groups is 2. The Bertz CT molecular complexity index is 213. The normalized spacial score (nSPS) is 11.3. The summed E-state index contributed by atoms with van der Waals surface area (Å²) in [5, 5.41) is 0. The van der Waals surface area contributed by atoms with Gasteiger partial charge in [0, 0.05) is 0 Å². The Kier molecular flexibility index (Phi) is 5.97. The Morgan fingerprint density at radius 1 is 1.00 bits per heavy atom. The second kappa shape index (κ2) is 6.43. The molecule has 0 aliphatic rings. The van der Waals surface area contributed by atoms with E-state index in [0.29, 0.717) is 12.8 Å². The van der Waals surface area contributed by atoms with E-state index in [-0.39, 0.29) is 0 Å². The van der Waals surface area contributed by atoms with Crippen LogP contribution in [0.4, 0.5) is 0 Å². The second-order valence-electron chi connectivity index (χ2n) is 3.97. The molecule has 0 aliphatic carbocycles. The van der Waals surface area contributed by atoms with E-state index in [1.54, 1.807) is 6.92 Å². The number of nitrogens with two attached hydrogens (primary N) is 2. The molecule has 4 nitrogen and oxygen atoms in total. The summed E-state index contributed by atoms with van der Waals surface area (Å²) in [5.41, 5.74) is 9.39. The zero-order valence-electron chi connectivity index (χ0n) is 9.71. The molecule has 0 rings (SSSR count). The lowest BCUT2D eigenvalue weighted by molar-refractivity contribution is -0.140. The highest BCUT2D eigenvalue weighted by atomic mass is 16.2. The quantitative estimate of drug-likeness (QED) is 0.471. The summed E-state index contributed by atoms with van der Waals surface area (Å²) in [5.74, 6) is -1.18. The van der Waals surface area contributed by atoms with Crippen molar-refractivity contribution < 1.29 is 9.59 Å². The van der Waals surface area contributed by atoms with Gasteiger partial charge in [-0.25, -0.2) is 0 Å². The van der Waals surface area contributed by atoms with Gasteiger partial charge in [-0.15, -0.1) is 0 Å². The maximum absolute atomic E-state index is 11.3. The molecule has 0 aliphatic heterocycles. The second-order valence-corrected chi connectivity index (χ2v) is 3.97. The first kappa shape index (κ1) is 13.9. The van der Waals surface area contributed by atoms with Crippen molar-refractivity contribution in [2.75, 3.05) is 0 Å². The van der Waals surface area contributed by atoms with Gasteiger partial charge in [-0.1, -0.05) is 39.5 Å². The predicted octanol–water partition coefficient (Wildman–Crippen LogP) is 1.32. The first-order valence-electron chi connectivity index (χ1n) is 5.61. The Labute approximate surface area is 91.4 Å². The molecular formula is C11H22N2O2. The van der Waals surface area contributed by atoms with Crippen LogP contribution in [0.3, 0.4) is 0 Å². The molecule has 0 fully saturated rings. The zero-order valence-corrected chi connectivity index (χ0v) is 9.71. The monoisotopic (exact) mass is 214 g/mol. The molecule has 0 aromatic heterocycles. The van der Waals surface area contributed by atoms with E-state index in [2.05, 4.69) is 6.92 Å². The Morgan fingerprint density at radius 2 is 1.53 bits per heavy atom. The van der Waals surface area contributed by atoms with Crippen LogP contribution in [-0.2, 0) is 9.59 Å². The number of rotatable bonds is 8. The molecule has 0 radical (unpaired) electrons. The van der Waals surface area contributed by atoms with Gasteiger partial charge in [0.15, 0.2) is 0 Å². The van der Waals surface area contributed by atoms with Crippen LogP contribution in [0, 0.1) is 5.41 Å². The molecule has 0 spiro atoms. The van der Waals surface area contributed by atoms with Crippen molar-refractivity contribution in [2.24, 2.45) is 16.9 Å². The first-order chi connectivity index (χ1) is 7.01. The molecule has 0 aromatic rings. The molecule has 0 atom stereocenters. The summed E-state index contributed by atoms with van der Waals surface area (Å²) >= 11 is 0. The molecule has 0 saturated carbocycles. The van der Waals surface area contributed by atoms with Gasteiger partial charge in [0.2, 0.25) is 11.8 Å². The summed E-state index contributed by atoms with van der Waals surface area (Å²) in [4.78, 5) is 22.6. The molecule has 4 N–H and O–H groups in total. The van der Waals surface area contributed by atoms with Crippen molar-refractivity contribution in [1.29, 1.82) is 0 Å².